The van der Waals surface area contributed by atoms with Crippen LogP contribution in [0.1, 0.15) is 66.2 Å². The summed E-state index contributed by atoms with van der Waals surface area (Å²) in [7, 11) is 3.95. The number of rotatable bonds is 12. The third kappa shape index (κ3) is 6.32. The second-order valence-electron chi connectivity index (χ2n) is 10.8. The number of ether oxygens (including phenoxy) is 1. The maximum atomic E-state index is 11.6. The minimum atomic E-state index is -2.54. The van der Waals surface area contributed by atoms with E-state index >= 15 is 0 Å². The smallest absolute Gasteiger partial charge is 0.200 e. The second kappa shape index (κ2) is 11.5. The molecule has 6 atom stereocenters. The van der Waals surface area contributed by atoms with Crippen molar-refractivity contribution in [3.8, 4) is 0 Å². The summed E-state index contributed by atoms with van der Waals surface area (Å²) in [6.45, 7) is 11.9. The van der Waals surface area contributed by atoms with Crippen LogP contribution in [0.25, 0.3) is 0 Å². The van der Waals surface area contributed by atoms with Crippen LogP contribution in [-0.4, -0.2) is 49.2 Å². The topological polar surface area (TPSA) is 57.3 Å². The lowest BCUT2D eigenvalue weighted by molar-refractivity contribution is 0.0317. The van der Waals surface area contributed by atoms with Crippen molar-refractivity contribution in [1.29, 1.82) is 0 Å². The van der Waals surface area contributed by atoms with Crippen LogP contribution in [0.2, 0.25) is 0 Å². The van der Waals surface area contributed by atoms with Crippen LogP contribution >= 0.6 is 6.57 Å². The van der Waals surface area contributed by atoms with Gasteiger partial charge in [0, 0.05) is 6.54 Å². The first-order valence-electron chi connectivity index (χ1n) is 12.8. The van der Waals surface area contributed by atoms with Crippen molar-refractivity contribution in [3.63, 3.8) is 0 Å². The summed E-state index contributed by atoms with van der Waals surface area (Å²) in [5.74, 6) is 0.778. The molecule has 0 aromatic heterocycles. The van der Waals surface area contributed by atoms with Crippen LogP contribution in [0.5, 0.6) is 0 Å². The molecule has 3 aliphatic rings. The van der Waals surface area contributed by atoms with Gasteiger partial charge in [0.1, 0.15) is 5.76 Å². The Morgan fingerprint density at radius 3 is 2.68 bits per heavy atom. The van der Waals surface area contributed by atoms with E-state index in [2.05, 4.69) is 51.5 Å². The highest BCUT2D eigenvalue weighted by Gasteiger charge is 2.51. The fraction of sp³-hybridized carbons (Fsp3) is 0.704. The molecule has 0 radical (unpaired) electrons. The molecule has 34 heavy (non-hydrogen) atoms. The first-order chi connectivity index (χ1) is 16.0. The van der Waals surface area contributed by atoms with Crippen molar-refractivity contribution in [2.75, 3.05) is 27.2 Å². The molecule has 192 valence electrons. The molecule has 2 N–H and O–H groups in total. The number of epoxide rings is 1. The molecule has 0 amide bonds. The molecule has 0 aromatic rings. The number of aliphatic hydroxyl groups excluding tert-OH is 1. The zero-order valence-corrected chi connectivity index (χ0v) is 23.7. The van der Waals surface area contributed by atoms with Crippen LogP contribution in [0.4, 0.5) is 0 Å². The summed E-state index contributed by atoms with van der Waals surface area (Å²) in [5.41, 5.74) is 3.04. The molecule has 0 aromatic carbocycles. The van der Waals surface area contributed by atoms with Gasteiger partial charge in [0.15, 0.2) is 0 Å². The molecule has 5 nitrogen and oxygen atoms in total. The Bertz CT molecular complexity index is 892. The molecule has 1 aliphatic heterocycles. The summed E-state index contributed by atoms with van der Waals surface area (Å²) in [6.07, 6.45) is 13.0. The lowest BCUT2D eigenvalue weighted by Crippen LogP contribution is -2.47. The quantitative estimate of drug-likeness (QED) is 0.133. The van der Waals surface area contributed by atoms with Gasteiger partial charge in [-0.1, -0.05) is 49.6 Å². The van der Waals surface area contributed by atoms with Crippen molar-refractivity contribution < 1.29 is 14.4 Å². The summed E-state index contributed by atoms with van der Waals surface area (Å²) in [4.78, 5) is 0. The van der Waals surface area contributed by atoms with Crippen LogP contribution < -0.4 is 5.09 Å². The largest absolute Gasteiger partial charge is 0.512 e. The van der Waals surface area contributed by atoms with E-state index in [1.165, 1.54) is 18.4 Å². The van der Waals surface area contributed by atoms with E-state index in [9.17, 15) is 5.11 Å². The molecule has 0 bridgehead atoms. The van der Waals surface area contributed by atoms with Crippen molar-refractivity contribution in [1.82, 2.24) is 9.76 Å². The highest BCUT2D eigenvalue weighted by atomic mass is 32.5. The Hall–Kier alpha value is -0.750. The van der Waals surface area contributed by atoms with Gasteiger partial charge in [0.05, 0.1) is 24.2 Å². The SMILES string of the molecule is C=C(C)[C@@H]1CCC(C)=C[C@H]1C1(C)C(O)=CC(CCCCC)=CC1OP(=S)(NCC1CO1)N(C)C. The number of unbranched alkanes of at least 4 members (excludes halogenated alkanes) is 2. The van der Waals surface area contributed by atoms with Gasteiger partial charge in [-0.25, -0.2) is 4.67 Å². The van der Waals surface area contributed by atoms with Crippen molar-refractivity contribution in [2.24, 2.45) is 17.3 Å². The molecule has 0 saturated carbocycles. The summed E-state index contributed by atoms with van der Waals surface area (Å²) < 4.78 is 14.3. The van der Waals surface area contributed by atoms with E-state index in [1.54, 1.807) is 0 Å². The number of hydrogen-bond acceptors (Lipinski definition) is 4. The van der Waals surface area contributed by atoms with Gasteiger partial charge in [0.25, 0.3) is 0 Å². The molecule has 2 aliphatic carbocycles. The molecule has 4 unspecified atom stereocenters. The molecule has 3 rings (SSSR count). The molecule has 1 heterocycles. The van der Waals surface area contributed by atoms with Gasteiger partial charge < -0.3 is 14.4 Å². The van der Waals surface area contributed by atoms with Gasteiger partial charge in [0.2, 0.25) is 6.57 Å². The van der Waals surface area contributed by atoms with Gasteiger partial charge in [-0.15, -0.1) is 0 Å². The predicted molar refractivity (Wildman–Crippen MR) is 146 cm³/mol. The number of hydrogen-bond donors (Lipinski definition) is 2. The summed E-state index contributed by atoms with van der Waals surface area (Å²) >= 11 is 6.13. The van der Waals surface area contributed by atoms with Crippen LogP contribution in [0.15, 0.2) is 47.3 Å². The summed E-state index contributed by atoms with van der Waals surface area (Å²) in [5, 5.41) is 15.1. The van der Waals surface area contributed by atoms with Crippen LogP contribution in [0.3, 0.4) is 0 Å². The van der Waals surface area contributed by atoms with Crippen molar-refractivity contribution in [3.05, 3.63) is 47.3 Å². The fourth-order valence-corrected chi connectivity index (χ4v) is 7.24. The maximum absolute atomic E-state index is 11.6. The van der Waals surface area contributed by atoms with Crippen molar-refractivity contribution in [2.45, 2.75) is 78.4 Å². The van der Waals surface area contributed by atoms with E-state index in [1.807, 2.05) is 24.8 Å². The van der Waals surface area contributed by atoms with E-state index in [-0.39, 0.29) is 24.0 Å². The minimum Gasteiger partial charge on any atom is -0.512 e. The Morgan fingerprint density at radius 2 is 2.09 bits per heavy atom. The fourth-order valence-electron chi connectivity index (χ4n) is 5.17. The highest BCUT2D eigenvalue weighted by Crippen LogP contribution is 2.57. The predicted octanol–water partition coefficient (Wildman–Crippen LogP) is 6.66. The van der Waals surface area contributed by atoms with E-state index in [0.29, 0.717) is 12.3 Å². The minimum absolute atomic E-state index is 0.0887. The lowest BCUT2D eigenvalue weighted by Gasteiger charge is -2.49. The zero-order chi connectivity index (χ0) is 25.1. The molecular weight excluding hydrogens is 463 g/mol. The molecular formula is C27H45N2O3PS. The third-order valence-corrected chi connectivity index (χ3v) is 11.4. The Morgan fingerprint density at radius 1 is 1.38 bits per heavy atom. The lowest BCUT2D eigenvalue weighted by atomic mass is 9.60. The number of allylic oxidation sites excluding steroid dienone is 5. The number of nitrogens with one attached hydrogen (secondary N) is 1. The van der Waals surface area contributed by atoms with E-state index in [0.717, 1.165) is 43.4 Å². The molecule has 0 spiro atoms. The van der Waals surface area contributed by atoms with Crippen molar-refractivity contribution >= 4 is 18.4 Å². The van der Waals surface area contributed by atoms with Gasteiger partial charge in [-0.05, 0) is 95.8 Å². The molecule has 7 heteroatoms. The Labute approximate surface area is 212 Å². The number of nitrogens with zero attached hydrogens (tertiary/aromatic N) is 1. The highest BCUT2D eigenvalue weighted by molar-refractivity contribution is 8.10. The van der Waals surface area contributed by atoms with Gasteiger partial charge in [-0.3, -0.25) is 5.09 Å². The first kappa shape index (κ1) is 27.8. The monoisotopic (exact) mass is 508 g/mol. The standard InChI is InChI=1S/C27H45N2O3PS/c1-8-9-10-11-21-15-25(30)27(5,24-14-20(4)12-13-23(24)19(2)3)26(16-21)32-33(34,29(6)7)28-17-22-18-31-22/h14-16,22-24,26,30H,2,8-13,17-18H2,1,3-7H3,(H,28,34)/t22?,23-,24+,26?,27?,33?/m0/s1. The average molecular weight is 509 g/mol. The Balaban J connectivity index is 2.01. The molecule has 1 fully saturated rings. The molecule has 1 saturated heterocycles. The maximum Gasteiger partial charge on any atom is 0.200 e. The van der Waals surface area contributed by atoms with Crippen LogP contribution in [0, 0.1) is 17.3 Å². The Kier molecular flexibility index (Phi) is 9.44. The normalized spacial score (nSPS) is 33.1. The second-order valence-corrected chi connectivity index (χ2v) is 14.6. The van der Waals surface area contributed by atoms with E-state index in [4.69, 9.17) is 21.1 Å². The van der Waals surface area contributed by atoms with Gasteiger partial charge in [-0.2, -0.15) is 0 Å². The first-order valence-corrected chi connectivity index (χ1v) is 15.5. The van der Waals surface area contributed by atoms with Gasteiger partial charge >= 0.3 is 0 Å². The van der Waals surface area contributed by atoms with E-state index < -0.39 is 12.0 Å². The average Bonchev–Trinajstić information content (AvgIpc) is 3.60. The van der Waals surface area contributed by atoms with Crippen LogP contribution in [-0.2, 0) is 21.1 Å². The summed E-state index contributed by atoms with van der Waals surface area (Å²) in [6, 6.07) is 0. The number of aliphatic hydroxyl groups is 1. The third-order valence-electron chi connectivity index (χ3n) is 7.68. The zero-order valence-electron chi connectivity index (χ0n) is 22.0.